The number of hydrogen-bond acceptors (Lipinski definition) is 3. The number of rotatable bonds is 5. The van der Waals surface area contributed by atoms with Gasteiger partial charge in [0.25, 0.3) is 0 Å². The number of hydrogen-bond donors (Lipinski definition) is 2. The van der Waals surface area contributed by atoms with Crippen molar-refractivity contribution in [3.63, 3.8) is 0 Å². The normalized spacial score (nSPS) is 18.2. The summed E-state index contributed by atoms with van der Waals surface area (Å²) in [5.74, 6) is -0.229. The van der Waals surface area contributed by atoms with E-state index in [1.54, 1.807) is 0 Å². The maximum Gasteiger partial charge on any atom is 0.240 e. The van der Waals surface area contributed by atoms with Gasteiger partial charge in [-0.25, -0.2) is 0 Å². The van der Waals surface area contributed by atoms with E-state index in [9.17, 15) is 15.2 Å². The van der Waals surface area contributed by atoms with E-state index >= 15 is 0 Å². The average molecular weight is 272 g/mol. The summed E-state index contributed by atoms with van der Waals surface area (Å²) in [5.41, 5.74) is 0.175. The molecule has 2 rings (SSSR count). The molecule has 1 aliphatic rings. The number of nitrogens with one attached hydrogen (secondary N) is 1. The number of aliphatic hydroxyl groups is 1. The predicted molar refractivity (Wildman–Crippen MR) is 75.7 cm³/mol. The zero-order valence-corrected chi connectivity index (χ0v) is 11.5. The van der Waals surface area contributed by atoms with Crippen LogP contribution in [0.5, 0.6) is 0 Å². The molecule has 1 atom stereocenters. The van der Waals surface area contributed by atoms with E-state index in [2.05, 4.69) is 11.4 Å². The molecule has 106 valence electrons. The summed E-state index contributed by atoms with van der Waals surface area (Å²) in [4.78, 5) is 12.3. The molecule has 1 aromatic carbocycles. The molecule has 0 heterocycles. The molecule has 1 amide bonds. The summed E-state index contributed by atoms with van der Waals surface area (Å²) < 4.78 is 0. The topological polar surface area (TPSA) is 73.1 Å². The highest BCUT2D eigenvalue weighted by molar-refractivity contribution is 5.86. The van der Waals surface area contributed by atoms with Crippen molar-refractivity contribution in [2.24, 2.45) is 5.41 Å². The smallest absolute Gasteiger partial charge is 0.240 e. The second kappa shape index (κ2) is 6.53. The van der Waals surface area contributed by atoms with Crippen LogP contribution in [0.2, 0.25) is 0 Å². The number of carbonyl (C=O) groups excluding carboxylic acids is 1. The third kappa shape index (κ3) is 3.17. The Labute approximate surface area is 119 Å². The van der Waals surface area contributed by atoms with Crippen LogP contribution in [-0.2, 0) is 11.2 Å². The summed E-state index contributed by atoms with van der Waals surface area (Å²) in [6, 6.07) is 11.6. The number of carbonyl (C=O) groups is 1. The van der Waals surface area contributed by atoms with Crippen LogP contribution in [0.15, 0.2) is 30.3 Å². The molecule has 1 aromatic rings. The fourth-order valence-corrected chi connectivity index (χ4v) is 2.75. The van der Waals surface area contributed by atoms with Gasteiger partial charge in [0.15, 0.2) is 0 Å². The molecule has 4 nitrogen and oxygen atoms in total. The predicted octanol–water partition coefficient (Wildman–Crippen LogP) is 1.79. The number of nitrogens with zero attached hydrogens (tertiary/aromatic N) is 1. The van der Waals surface area contributed by atoms with E-state index in [0.717, 1.165) is 18.4 Å². The average Bonchev–Trinajstić information content (AvgIpc) is 2.97. The molecule has 2 N–H and O–H groups in total. The molecule has 0 aromatic heterocycles. The van der Waals surface area contributed by atoms with Crippen molar-refractivity contribution >= 4 is 5.91 Å². The second-order valence-electron chi connectivity index (χ2n) is 5.44. The lowest BCUT2D eigenvalue weighted by atomic mass is 9.86. The van der Waals surface area contributed by atoms with Gasteiger partial charge in [0.05, 0.1) is 18.7 Å². The molecule has 0 saturated heterocycles. The van der Waals surface area contributed by atoms with E-state index in [4.69, 9.17) is 0 Å². The van der Waals surface area contributed by atoms with Crippen molar-refractivity contribution < 1.29 is 9.90 Å². The summed E-state index contributed by atoms with van der Waals surface area (Å²) in [6.07, 6.45) is 3.66. The van der Waals surface area contributed by atoms with Gasteiger partial charge in [0.2, 0.25) is 5.91 Å². The molecule has 0 bridgehead atoms. The number of aliphatic hydroxyl groups excluding tert-OH is 1. The van der Waals surface area contributed by atoms with Crippen LogP contribution in [0.4, 0.5) is 0 Å². The molecule has 0 aliphatic heterocycles. The molecule has 0 radical (unpaired) electrons. The van der Waals surface area contributed by atoms with Crippen molar-refractivity contribution in [3.05, 3.63) is 35.9 Å². The molecule has 0 unspecified atom stereocenters. The van der Waals surface area contributed by atoms with Gasteiger partial charge in [0, 0.05) is 0 Å². The van der Waals surface area contributed by atoms with E-state index in [1.165, 1.54) is 0 Å². The second-order valence-corrected chi connectivity index (χ2v) is 5.44. The highest BCUT2D eigenvalue weighted by atomic mass is 16.3. The van der Waals surface area contributed by atoms with Gasteiger partial charge in [0.1, 0.15) is 5.41 Å². The lowest BCUT2D eigenvalue weighted by Gasteiger charge is -2.24. The lowest BCUT2D eigenvalue weighted by Crippen LogP contribution is -2.46. The molecule has 0 spiro atoms. The van der Waals surface area contributed by atoms with Crippen LogP contribution in [0.3, 0.4) is 0 Å². The first kappa shape index (κ1) is 14.5. The van der Waals surface area contributed by atoms with E-state index < -0.39 is 5.41 Å². The van der Waals surface area contributed by atoms with Crippen LogP contribution in [0.25, 0.3) is 0 Å². The van der Waals surface area contributed by atoms with Crippen LogP contribution in [-0.4, -0.2) is 23.7 Å². The van der Waals surface area contributed by atoms with Crippen LogP contribution >= 0.6 is 0 Å². The van der Waals surface area contributed by atoms with Crippen molar-refractivity contribution in [3.8, 4) is 6.07 Å². The highest BCUT2D eigenvalue weighted by Gasteiger charge is 2.42. The molecular formula is C16H20N2O2. The Bertz CT molecular complexity index is 487. The van der Waals surface area contributed by atoms with Gasteiger partial charge in [-0.3, -0.25) is 4.79 Å². The van der Waals surface area contributed by atoms with Crippen LogP contribution in [0.1, 0.15) is 31.2 Å². The van der Waals surface area contributed by atoms with E-state index in [-0.39, 0.29) is 18.6 Å². The third-order valence-electron chi connectivity index (χ3n) is 3.99. The Balaban J connectivity index is 1.99. The summed E-state index contributed by atoms with van der Waals surface area (Å²) >= 11 is 0. The molecule has 1 fully saturated rings. The maximum absolute atomic E-state index is 12.3. The van der Waals surface area contributed by atoms with Crippen molar-refractivity contribution in [2.45, 2.75) is 38.1 Å². The summed E-state index contributed by atoms with van der Waals surface area (Å²) in [5, 5.41) is 21.6. The fraction of sp³-hybridized carbons (Fsp3) is 0.500. The lowest BCUT2D eigenvalue weighted by molar-refractivity contribution is -0.129. The van der Waals surface area contributed by atoms with Gasteiger partial charge in [-0.15, -0.1) is 0 Å². The Morgan fingerprint density at radius 1 is 1.35 bits per heavy atom. The van der Waals surface area contributed by atoms with Crippen LogP contribution < -0.4 is 5.32 Å². The molecular weight excluding hydrogens is 252 g/mol. The number of nitriles is 1. The van der Waals surface area contributed by atoms with Crippen molar-refractivity contribution in [1.29, 1.82) is 5.26 Å². The summed E-state index contributed by atoms with van der Waals surface area (Å²) in [6.45, 7) is -0.123. The van der Waals surface area contributed by atoms with Gasteiger partial charge in [-0.2, -0.15) is 5.26 Å². The first-order chi connectivity index (χ1) is 9.70. The molecule has 20 heavy (non-hydrogen) atoms. The SMILES string of the molecule is N#CC1(C(=O)N[C@H](CO)Cc2ccccc2)CCCC1. The fourth-order valence-electron chi connectivity index (χ4n) is 2.75. The van der Waals surface area contributed by atoms with Crippen molar-refractivity contribution in [2.75, 3.05) is 6.61 Å². The minimum Gasteiger partial charge on any atom is -0.394 e. The van der Waals surface area contributed by atoms with E-state index in [0.29, 0.717) is 19.3 Å². The van der Waals surface area contributed by atoms with Crippen LogP contribution in [0, 0.1) is 16.7 Å². The monoisotopic (exact) mass is 272 g/mol. The minimum absolute atomic E-state index is 0.123. The zero-order chi connectivity index (χ0) is 14.4. The Morgan fingerprint density at radius 3 is 2.55 bits per heavy atom. The summed E-state index contributed by atoms with van der Waals surface area (Å²) in [7, 11) is 0. The maximum atomic E-state index is 12.3. The Kier molecular flexibility index (Phi) is 4.75. The molecule has 4 heteroatoms. The van der Waals surface area contributed by atoms with Crippen molar-refractivity contribution in [1.82, 2.24) is 5.32 Å². The molecule has 1 saturated carbocycles. The first-order valence-corrected chi connectivity index (χ1v) is 7.07. The minimum atomic E-state index is -0.885. The van der Waals surface area contributed by atoms with Gasteiger partial charge >= 0.3 is 0 Å². The standard InChI is InChI=1S/C16H20N2O2/c17-12-16(8-4-5-9-16)15(20)18-14(11-19)10-13-6-2-1-3-7-13/h1-3,6-7,14,19H,4-5,8-11H2,(H,18,20)/t14-/m0/s1. The third-order valence-corrected chi connectivity index (χ3v) is 3.99. The quantitative estimate of drug-likeness (QED) is 0.858. The van der Waals surface area contributed by atoms with Gasteiger partial charge < -0.3 is 10.4 Å². The highest BCUT2D eigenvalue weighted by Crippen LogP contribution is 2.37. The first-order valence-electron chi connectivity index (χ1n) is 7.07. The van der Waals surface area contributed by atoms with Gasteiger partial charge in [-0.1, -0.05) is 43.2 Å². The zero-order valence-electron chi connectivity index (χ0n) is 11.5. The Hall–Kier alpha value is -1.86. The number of amides is 1. The molecule has 1 aliphatic carbocycles. The Morgan fingerprint density at radius 2 is 2.00 bits per heavy atom. The largest absolute Gasteiger partial charge is 0.394 e. The number of benzene rings is 1. The van der Waals surface area contributed by atoms with E-state index in [1.807, 2.05) is 30.3 Å². The van der Waals surface area contributed by atoms with Gasteiger partial charge in [-0.05, 0) is 24.8 Å².